The summed E-state index contributed by atoms with van der Waals surface area (Å²) in [4.78, 5) is 15.5. The van der Waals surface area contributed by atoms with Gasteiger partial charge < -0.3 is 4.98 Å². The minimum Gasteiger partial charge on any atom is -0.664 e. The van der Waals surface area contributed by atoms with Crippen LogP contribution in [0.15, 0.2) is 80.1 Å². The molecular formula is C36H35N3Pd. The number of benzene rings is 2. The van der Waals surface area contributed by atoms with Crippen molar-refractivity contribution in [1.29, 1.82) is 0 Å². The number of allylic oxidation sites excluding steroid dienone is 5. The van der Waals surface area contributed by atoms with Crippen LogP contribution in [-0.2, 0) is 26.8 Å². The molecule has 0 N–H and O–H groups in total. The van der Waals surface area contributed by atoms with Gasteiger partial charge in [-0.15, -0.1) is 34.7 Å². The average Bonchev–Trinajstić information content (AvgIpc) is 3.53. The van der Waals surface area contributed by atoms with E-state index in [1.165, 1.54) is 44.2 Å². The summed E-state index contributed by atoms with van der Waals surface area (Å²) in [6.07, 6.45) is 12.6. The fourth-order valence-corrected chi connectivity index (χ4v) is 6.30. The van der Waals surface area contributed by atoms with Crippen molar-refractivity contribution in [3.05, 3.63) is 109 Å². The van der Waals surface area contributed by atoms with Gasteiger partial charge in [-0.1, -0.05) is 86.0 Å². The molecule has 0 spiro atoms. The first-order valence-electron chi connectivity index (χ1n) is 14.3. The van der Waals surface area contributed by atoms with Gasteiger partial charge in [0.25, 0.3) is 0 Å². The number of hydrogen-bond acceptors (Lipinski definition) is 2. The number of fused-ring (bicyclic) bond motifs is 8. The first-order chi connectivity index (χ1) is 18.9. The summed E-state index contributed by atoms with van der Waals surface area (Å²) in [7, 11) is 0. The maximum Gasteiger partial charge on any atom is 2.00 e. The quantitative estimate of drug-likeness (QED) is 0.229. The van der Waals surface area contributed by atoms with Crippen molar-refractivity contribution < 1.29 is 20.4 Å². The van der Waals surface area contributed by atoms with Crippen LogP contribution in [0.25, 0.3) is 29.0 Å². The van der Waals surface area contributed by atoms with Gasteiger partial charge >= 0.3 is 20.4 Å². The van der Waals surface area contributed by atoms with Crippen molar-refractivity contribution >= 4 is 40.4 Å². The molecule has 3 aliphatic rings. The molecule has 0 radical (unpaired) electrons. The van der Waals surface area contributed by atoms with Gasteiger partial charge in [-0.25, -0.2) is 4.99 Å². The zero-order chi connectivity index (χ0) is 27.3. The molecule has 0 atom stereocenters. The Morgan fingerprint density at radius 1 is 0.725 bits per heavy atom. The van der Waals surface area contributed by atoms with E-state index in [4.69, 9.17) is 15.0 Å². The first-order valence-corrected chi connectivity index (χ1v) is 14.3. The molecule has 3 nitrogen and oxygen atoms in total. The SMILES string of the molecule is CCC1=C(C)C2=Cc3[c-]c(c4ccccc4c3)C=c3[n-]c(c(CC)c3C)=CC3=NC(=CC1=N2)C(CC)=C3CC.[Pd+2]. The summed E-state index contributed by atoms with van der Waals surface area (Å²) in [6.45, 7) is 13.3. The van der Waals surface area contributed by atoms with Crippen LogP contribution in [0.1, 0.15) is 76.1 Å². The third kappa shape index (κ3) is 4.68. The van der Waals surface area contributed by atoms with Crippen molar-refractivity contribution in [2.24, 2.45) is 9.98 Å². The molecule has 2 aromatic carbocycles. The standard InChI is InChI=1S/C36H35N3.Pd/c1-7-26-21(5)31-17-23-15-24-13-11-12-14-30(24)25(16-23)18-32-22(6)27(8-2)34(38-32)20-36-29(10-4)28(9-3)35(39-36)19-33(26)37-31;/h11-15,17-20H,7-10H2,1-6H3;/q-2;+2. The Labute approximate surface area is 251 Å². The van der Waals surface area contributed by atoms with Crippen LogP contribution in [0.3, 0.4) is 0 Å². The first kappa shape index (κ1) is 28.2. The van der Waals surface area contributed by atoms with Gasteiger partial charge in [0.15, 0.2) is 0 Å². The number of aliphatic imine (C=N–C) groups is 2. The van der Waals surface area contributed by atoms with Crippen molar-refractivity contribution in [3.63, 3.8) is 0 Å². The molecule has 6 rings (SSSR count). The maximum absolute atomic E-state index is 5.20. The van der Waals surface area contributed by atoms with E-state index >= 15 is 0 Å². The molecular weight excluding hydrogens is 581 g/mol. The van der Waals surface area contributed by atoms with E-state index in [2.05, 4.69) is 102 Å². The van der Waals surface area contributed by atoms with Crippen LogP contribution in [0.5, 0.6) is 0 Å². The van der Waals surface area contributed by atoms with E-state index in [1.54, 1.807) is 0 Å². The minimum absolute atomic E-state index is 0. The molecule has 1 aromatic heterocycles. The van der Waals surface area contributed by atoms with E-state index in [0.717, 1.165) is 70.3 Å². The molecule has 0 unspecified atom stereocenters. The van der Waals surface area contributed by atoms with Gasteiger partial charge in [0.1, 0.15) is 0 Å². The topological polar surface area (TPSA) is 38.8 Å². The second-order valence-electron chi connectivity index (χ2n) is 10.5. The molecule has 0 aliphatic carbocycles. The number of hydrogen-bond donors (Lipinski definition) is 0. The predicted molar refractivity (Wildman–Crippen MR) is 165 cm³/mol. The van der Waals surface area contributed by atoms with Gasteiger partial charge in [0.05, 0.1) is 17.1 Å². The average molecular weight is 616 g/mol. The van der Waals surface area contributed by atoms with Gasteiger partial charge in [-0.2, -0.15) is 5.35 Å². The summed E-state index contributed by atoms with van der Waals surface area (Å²) in [6, 6.07) is 14.5. The Kier molecular flexibility index (Phi) is 7.96. The molecule has 4 heteroatoms. The minimum atomic E-state index is 0. The Morgan fingerprint density at radius 2 is 1.43 bits per heavy atom. The van der Waals surface area contributed by atoms with Crippen LogP contribution < -0.4 is 15.7 Å². The molecule has 4 heterocycles. The largest absolute Gasteiger partial charge is 2.00 e. The van der Waals surface area contributed by atoms with Crippen LogP contribution in [-0.4, -0.2) is 11.4 Å². The molecule has 40 heavy (non-hydrogen) atoms. The molecule has 0 saturated heterocycles. The van der Waals surface area contributed by atoms with Gasteiger partial charge in [0.2, 0.25) is 0 Å². The third-order valence-corrected chi connectivity index (χ3v) is 8.37. The number of nitrogens with zero attached hydrogens (tertiary/aromatic N) is 3. The van der Waals surface area contributed by atoms with Crippen LogP contribution in [0.2, 0.25) is 0 Å². The molecule has 3 aliphatic heterocycles. The fourth-order valence-electron chi connectivity index (χ4n) is 6.30. The Balaban J connectivity index is 0.00000323. The molecule has 3 aromatic rings. The smallest absolute Gasteiger partial charge is 0.664 e. The van der Waals surface area contributed by atoms with E-state index in [1.807, 2.05) is 0 Å². The monoisotopic (exact) mass is 615 g/mol. The Morgan fingerprint density at radius 3 is 2.15 bits per heavy atom. The van der Waals surface area contributed by atoms with Crippen molar-refractivity contribution in [2.45, 2.75) is 67.2 Å². The summed E-state index contributed by atoms with van der Waals surface area (Å²) in [5.41, 5.74) is 13.9. The van der Waals surface area contributed by atoms with Crippen LogP contribution in [0.4, 0.5) is 0 Å². The molecule has 0 saturated carbocycles. The van der Waals surface area contributed by atoms with E-state index in [0.29, 0.717) is 0 Å². The summed E-state index contributed by atoms with van der Waals surface area (Å²) in [5.74, 6) is 0. The van der Waals surface area contributed by atoms with Crippen LogP contribution >= 0.6 is 0 Å². The van der Waals surface area contributed by atoms with Gasteiger partial charge in [-0.3, -0.25) is 4.99 Å². The normalized spacial score (nSPS) is 16.2. The van der Waals surface area contributed by atoms with E-state index < -0.39 is 0 Å². The van der Waals surface area contributed by atoms with Crippen molar-refractivity contribution in [2.75, 3.05) is 0 Å². The molecule has 204 valence electrons. The summed E-state index contributed by atoms with van der Waals surface area (Å²) < 4.78 is 0. The molecule has 0 amide bonds. The van der Waals surface area contributed by atoms with E-state index in [-0.39, 0.29) is 20.4 Å². The molecule has 0 fully saturated rings. The predicted octanol–water partition coefficient (Wildman–Crippen LogP) is 7.07. The number of aromatic nitrogens is 1. The Bertz CT molecular complexity index is 1850. The van der Waals surface area contributed by atoms with Gasteiger partial charge in [-0.05, 0) is 67.9 Å². The Hall–Kier alpha value is -3.32. The summed E-state index contributed by atoms with van der Waals surface area (Å²) >= 11 is 0. The molecule has 8 bridgehead atoms. The second-order valence-corrected chi connectivity index (χ2v) is 10.5. The van der Waals surface area contributed by atoms with Crippen molar-refractivity contribution in [1.82, 2.24) is 4.98 Å². The second kappa shape index (κ2) is 11.3. The third-order valence-electron chi connectivity index (χ3n) is 8.37. The van der Waals surface area contributed by atoms with Gasteiger partial charge in [0, 0.05) is 5.70 Å². The zero-order valence-electron chi connectivity index (χ0n) is 24.2. The number of rotatable bonds is 4. The maximum atomic E-state index is 5.20. The fraction of sp³-hybridized carbons (Fsp3) is 0.278. The summed E-state index contributed by atoms with van der Waals surface area (Å²) in [5, 5.41) is 4.41. The zero-order valence-corrected chi connectivity index (χ0v) is 25.7. The van der Waals surface area contributed by atoms with E-state index in [9.17, 15) is 0 Å². The van der Waals surface area contributed by atoms with Crippen molar-refractivity contribution in [3.8, 4) is 0 Å². The van der Waals surface area contributed by atoms with Crippen LogP contribution in [0, 0.1) is 13.0 Å².